The van der Waals surface area contributed by atoms with E-state index in [-0.39, 0.29) is 5.56 Å². The van der Waals surface area contributed by atoms with Gasteiger partial charge in [0, 0.05) is 5.56 Å². The van der Waals surface area contributed by atoms with Crippen molar-refractivity contribution in [1.29, 1.82) is 5.26 Å². The maximum Gasteiger partial charge on any atom is 0.142 e. The van der Waals surface area contributed by atoms with E-state index in [1.807, 2.05) is 6.07 Å². The molecule has 1 rings (SSSR count). The third-order valence-electron chi connectivity index (χ3n) is 1.48. The molecule has 13 heavy (non-hydrogen) atoms. The highest BCUT2D eigenvalue weighted by Gasteiger charge is 1.99. The third kappa shape index (κ3) is 2.24. The van der Waals surface area contributed by atoms with Crippen LogP contribution in [0.1, 0.15) is 11.1 Å². The lowest BCUT2D eigenvalue weighted by molar-refractivity contribution is -0.104. The van der Waals surface area contributed by atoms with Gasteiger partial charge >= 0.3 is 0 Å². The molecule has 0 fully saturated rings. The lowest BCUT2D eigenvalue weighted by atomic mass is 10.1. The van der Waals surface area contributed by atoms with Crippen LogP contribution >= 0.6 is 0 Å². The molecule has 0 unspecified atom stereocenters. The van der Waals surface area contributed by atoms with Crippen LogP contribution in [0.4, 0.5) is 4.39 Å². The molecule has 0 saturated carbocycles. The molecule has 64 valence electrons. The van der Waals surface area contributed by atoms with Gasteiger partial charge in [-0.05, 0) is 24.3 Å². The molecule has 0 amide bonds. The minimum absolute atomic E-state index is 0.265. The van der Waals surface area contributed by atoms with E-state index >= 15 is 0 Å². The van der Waals surface area contributed by atoms with Crippen LogP contribution in [0.25, 0.3) is 6.08 Å². The van der Waals surface area contributed by atoms with Gasteiger partial charge in [0.2, 0.25) is 0 Å². The van der Waals surface area contributed by atoms with Crippen LogP contribution in [0.3, 0.4) is 0 Å². The molecule has 0 N–H and O–H groups in total. The molecule has 1 aromatic rings. The van der Waals surface area contributed by atoms with Crippen molar-refractivity contribution in [2.24, 2.45) is 0 Å². The monoisotopic (exact) mass is 175 g/mol. The van der Waals surface area contributed by atoms with Gasteiger partial charge in [-0.15, -0.1) is 0 Å². The normalized spacial score (nSPS) is 9.85. The molecule has 1 aromatic carbocycles. The van der Waals surface area contributed by atoms with E-state index in [4.69, 9.17) is 5.26 Å². The Labute approximate surface area is 74.9 Å². The van der Waals surface area contributed by atoms with Gasteiger partial charge in [-0.3, -0.25) is 4.79 Å². The fraction of sp³-hybridized carbons (Fsp3) is 0. The average molecular weight is 175 g/mol. The molecule has 0 spiro atoms. The predicted molar refractivity (Wildman–Crippen MR) is 46.2 cm³/mol. The molecule has 2 nitrogen and oxygen atoms in total. The van der Waals surface area contributed by atoms with Crippen molar-refractivity contribution in [2.75, 3.05) is 0 Å². The highest BCUT2D eigenvalue weighted by molar-refractivity contribution is 5.74. The second-order valence-electron chi connectivity index (χ2n) is 2.34. The van der Waals surface area contributed by atoms with Crippen LogP contribution in [-0.4, -0.2) is 6.29 Å². The Hall–Kier alpha value is -1.95. The van der Waals surface area contributed by atoms with Crippen LogP contribution in [0, 0.1) is 17.1 Å². The largest absolute Gasteiger partial charge is 0.299 e. The van der Waals surface area contributed by atoms with Crippen LogP contribution in [0.2, 0.25) is 0 Å². The number of nitrogens with zero attached hydrogens (tertiary/aromatic N) is 1. The highest BCUT2D eigenvalue weighted by Crippen LogP contribution is 2.10. The quantitative estimate of drug-likeness (QED) is 0.508. The summed E-state index contributed by atoms with van der Waals surface area (Å²) in [6.07, 6.45) is 3.12. The zero-order chi connectivity index (χ0) is 9.68. The van der Waals surface area contributed by atoms with Crippen LogP contribution in [0.15, 0.2) is 24.3 Å². The molecule has 0 radical (unpaired) electrons. The zero-order valence-electron chi connectivity index (χ0n) is 6.70. The number of rotatable bonds is 2. The molecular weight excluding hydrogens is 169 g/mol. The molecule has 3 heteroatoms. The summed E-state index contributed by atoms with van der Waals surface area (Å²) in [5.74, 6) is -0.503. The Morgan fingerprint density at radius 3 is 2.77 bits per heavy atom. The lowest BCUT2D eigenvalue weighted by Crippen LogP contribution is -1.83. The van der Waals surface area contributed by atoms with Gasteiger partial charge in [0.1, 0.15) is 12.1 Å². The van der Waals surface area contributed by atoms with Crippen molar-refractivity contribution < 1.29 is 9.18 Å². The van der Waals surface area contributed by atoms with Crippen molar-refractivity contribution >= 4 is 12.4 Å². The zero-order valence-corrected chi connectivity index (χ0v) is 6.70. The molecule has 0 atom stereocenters. The Morgan fingerprint density at radius 1 is 1.46 bits per heavy atom. The van der Waals surface area contributed by atoms with Crippen molar-refractivity contribution in [3.05, 3.63) is 41.2 Å². The van der Waals surface area contributed by atoms with Gasteiger partial charge in [-0.2, -0.15) is 5.26 Å². The summed E-state index contributed by atoms with van der Waals surface area (Å²) in [6, 6.07) is 5.89. The van der Waals surface area contributed by atoms with E-state index in [0.29, 0.717) is 11.8 Å². The van der Waals surface area contributed by atoms with Crippen molar-refractivity contribution in [3.8, 4) is 6.07 Å². The number of nitriles is 1. The predicted octanol–water partition coefficient (Wildman–Crippen LogP) is 1.91. The van der Waals surface area contributed by atoms with Gasteiger partial charge in [0.05, 0.1) is 11.6 Å². The first-order valence-electron chi connectivity index (χ1n) is 3.59. The topological polar surface area (TPSA) is 40.9 Å². The van der Waals surface area contributed by atoms with E-state index < -0.39 is 5.82 Å². The second-order valence-corrected chi connectivity index (χ2v) is 2.34. The third-order valence-corrected chi connectivity index (χ3v) is 1.48. The summed E-state index contributed by atoms with van der Waals surface area (Å²) < 4.78 is 13.0. The number of hydrogen-bond acceptors (Lipinski definition) is 2. The Kier molecular flexibility index (Phi) is 2.93. The summed E-state index contributed by atoms with van der Waals surface area (Å²) in [5, 5.41) is 8.44. The molecule has 0 bridgehead atoms. The smallest absolute Gasteiger partial charge is 0.142 e. The highest BCUT2D eigenvalue weighted by atomic mass is 19.1. The van der Waals surface area contributed by atoms with Gasteiger partial charge in [-0.1, -0.05) is 6.07 Å². The number of aldehydes is 1. The van der Waals surface area contributed by atoms with Gasteiger partial charge in [0.25, 0.3) is 0 Å². The first-order chi connectivity index (χ1) is 6.27. The van der Waals surface area contributed by atoms with Gasteiger partial charge in [-0.25, -0.2) is 4.39 Å². The summed E-state index contributed by atoms with van der Waals surface area (Å²) in [6.45, 7) is 0. The summed E-state index contributed by atoms with van der Waals surface area (Å²) in [5.41, 5.74) is 0.562. The fourth-order valence-electron chi connectivity index (χ4n) is 0.875. The standard InChI is InChI=1S/C10H6FNO/c11-10-6-8(7-12)3-4-9(10)2-1-5-13/h1-6H/b2-1+. The van der Waals surface area contributed by atoms with E-state index in [1.54, 1.807) is 0 Å². The minimum atomic E-state index is -0.503. The Balaban J connectivity index is 3.06. The van der Waals surface area contributed by atoms with Crippen LogP contribution in [-0.2, 0) is 4.79 Å². The van der Waals surface area contributed by atoms with Gasteiger partial charge in [0.15, 0.2) is 0 Å². The molecule has 0 saturated heterocycles. The Bertz CT molecular complexity index is 390. The van der Waals surface area contributed by atoms with Crippen LogP contribution < -0.4 is 0 Å². The average Bonchev–Trinajstić information content (AvgIpc) is 2.16. The van der Waals surface area contributed by atoms with Gasteiger partial charge < -0.3 is 0 Å². The minimum Gasteiger partial charge on any atom is -0.299 e. The lowest BCUT2D eigenvalue weighted by Gasteiger charge is -1.95. The maximum absolute atomic E-state index is 13.0. The SMILES string of the molecule is N#Cc1ccc(/C=C/C=O)c(F)c1. The number of allylic oxidation sites excluding steroid dienone is 1. The summed E-state index contributed by atoms with van der Waals surface area (Å²) in [4.78, 5) is 9.95. The van der Waals surface area contributed by atoms with E-state index in [9.17, 15) is 9.18 Å². The first kappa shape index (κ1) is 9.14. The summed E-state index contributed by atoms with van der Waals surface area (Å²) >= 11 is 0. The van der Waals surface area contributed by atoms with Crippen molar-refractivity contribution in [3.63, 3.8) is 0 Å². The van der Waals surface area contributed by atoms with E-state index in [2.05, 4.69) is 0 Å². The fourth-order valence-corrected chi connectivity index (χ4v) is 0.875. The molecule has 0 aromatic heterocycles. The number of halogens is 1. The molecule has 0 aliphatic rings. The van der Waals surface area contributed by atoms with E-state index in [1.165, 1.54) is 24.3 Å². The van der Waals surface area contributed by atoms with Crippen molar-refractivity contribution in [1.82, 2.24) is 0 Å². The molecule has 0 aliphatic heterocycles. The van der Waals surface area contributed by atoms with Crippen molar-refractivity contribution in [2.45, 2.75) is 0 Å². The number of benzene rings is 1. The molecular formula is C10H6FNO. The molecule has 0 aliphatic carbocycles. The second kappa shape index (κ2) is 4.17. The maximum atomic E-state index is 13.0. The van der Waals surface area contributed by atoms with Crippen LogP contribution in [0.5, 0.6) is 0 Å². The number of hydrogen-bond donors (Lipinski definition) is 0. The Morgan fingerprint density at radius 2 is 2.23 bits per heavy atom. The van der Waals surface area contributed by atoms with E-state index in [0.717, 1.165) is 6.07 Å². The summed E-state index contributed by atoms with van der Waals surface area (Å²) in [7, 11) is 0. The first-order valence-corrected chi connectivity index (χ1v) is 3.59. The molecule has 0 heterocycles. The number of carbonyl (C=O) groups excluding carboxylic acids is 1. The number of carbonyl (C=O) groups is 1.